The van der Waals surface area contributed by atoms with E-state index in [2.05, 4.69) is 5.32 Å². The molecule has 1 saturated heterocycles. The molecule has 1 aromatic carbocycles. The van der Waals surface area contributed by atoms with E-state index in [4.69, 9.17) is 9.47 Å². The van der Waals surface area contributed by atoms with Crippen molar-refractivity contribution in [2.75, 3.05) is 25.2 Å². The van der Waals surface area contributed by atoms with E-state index in [9.17, 15) is 19.2 Å². The Balaban J connectivity index is 1.89. The van der Waals surface area contributed by atoms with Gasteiger partial charge in [-0.25, -0.2) is 9.59 Å². The first-order valence-electron chi connectivity index (χ1n) is 9.32. The van der Waals surface area contributed by atoms with E-state index in [1.807, 2.05) is 13.8 Å². The average molecular weight is 390 g/mol. The number of nitrogens with zero attached hydrogens (tertiary/aromatic N) is 1. The zero-order valence-electron chi connectivity index (χ0n) is 16.4. The Hall–Kier alpha value is -2.90. The normalized spacial score (nSPS) is 15.7. The minimum Gasteiger partial charge on any atom is -0.467 e. The number of methoxy groups -OCH3 is 1. The van der Waals surface area contributed by atoms with Crippen LogP contribution in [-0.2, 0) is 23.9 Å². The van der Waals surface area contributed by atoms with E-state index < -0.39 is 30.5 Å². The van der Waals surface area contributed by atoms with Crippen molar-refractivity contribution in [2.24, 2.45) is 5.92 Å². The molecule has 1 heterocycles. The number of rotatable bonds is 8. The van der Waals surface area contributed by atoms with Crippen LogP contribution in [0.3, 0.4) is 0 Å². The molecule has 0 bridgehead atoms. The summed E-state index contributed by atoms with van der Waals surface area (Å²) in [6.07, 6.45) is 2.02. The molecule has 152 valence electrons. The van der Waals surface area contributed by atoms with Gasteiger partial charge in [-0.05, 0) is 36.6 Å². The quantitative estimate of drug-likeness (QED) is 0.678. The van der Waals surface area contributed by atoms with Crippen LogP contribution >= 0.6 is 0 Å². The number of hydrogen-bond donors (Lipinski definition) is 1. The third kappa shape index (κ3) is 5.31. The SMILES string of the molecule is CC[C@@H](C)[C@@H](NC(=O)COC(=O)c1ccc(N2CCCC2=O)cc1)C(=O)OC. The van der Waals surface area contributed by atoms with Gasteiger partial charge in [-0.15, -0.1) is 0 Å². The molecule has 2 amide bonds. The molecule has 0 spiro atoms. The monoisotopic (exact) mass is 390 g/mol. The van der Waals surface area contributed by atoms with Gasteiger partial charge in [-0.2, -0.15) is 0 Å². The fraction of sp³-hybridized carbons (Fsp3) is 0.500. The summed E-state index contributed by atoms with van der Waals surface area (Å²) in [5.74, 6) is -1.83. The van der Waals surface area contributed by atoms with Gasteiger partial charge in [0.15, 0.2) is 6.61 Å². The van der Waals surface area contributed by atoms with Crippen molar-refractivity contribution < 1.29 is 28.7 Å². The van der Waals surface area contributed by atoms with Crippen molar-refractivity contribution in [3.8, 4) is 0 Å². The standard InChI is InChI=1S/C20H26N2O6/c1-4-13(2)18(20(26)27-3)21-16(23)12-28-19(25)14-7-9-15(10-8-14)22-11-5-6-17(22)24/h7-10,13,18H,4-6,11-12H2,1-3H3,(H,21,23)/t13-,18-/m1/s1. The van der Waals surface area contributed by atoms with Crippen LogP contribution in [0, 0.1) is 5.92 Å². The van der Waals surface area contributed by atoms with Crippen LogP contribution in [0.2, 0.25) is 0 Å². The molecule has 2 atom stereocenters. The van der Waals surface area contributed by atoms with E-state index in [1.165, 1.54) is 7.11 Å². The highest BCUT2D eigenvalue weighted by atomic mass is 16.5. The number of ether oxygens (including phenoxy) is 2. The summed E-state index contributed by atoms with van der Waals surface area (Å²) in [6, 6.07) is 5.67. The third-order valence-electron chi connectivity index (χ3n) is 4.81. The summed E-state index contributed by atoms with van der Waals surface area (Å²) < 4.78 is 9.72. The molecule has 1 fully saturated rings. The van der Waals surface area contributed by atoms with Gasteiger partial charge in [0.25, 0.3) is 5.91 Å². The van der Waals surface area contributed by atoms with Crippen molar-refractivity contribution in [1.29, 1.82) is 0 Å². The molecule has 1 N–H and O–H groups in total. The first-order valence-corrected chi connectivity index (χ1v) is 9.32. The lowest BCUT2D eigenvalue weighted by molar-refractivity contribution is -0.147. The molecule has 0 aliphatic carbocycles. The summed E-state index contributed by atoms with van der Waals surface area (Å²) in [5.41, 5.74) is 1.00. The first kappa shape index (κ1) is 21.4. The number of amides is 2. The lowest BCUT2D eigenvalue weighted by Crippen LogP contribution is -2.47. The molecule has 1 aliphatic heterocycles. The van der Waals surface area contributed by atoms with Crippen LogP contribution in [0.1, 0.15) is 43.5 Å². The smallest absolute Gasteiger partial charge is 0.338 e. The van der Waals surface area contributed by atoms with Gasteiger partial charge in [0.05, 0.1) is 12.7 Å². The van der Waals surface area contributed by atoms with Gasteiger partial charge >= 0.3 is 11.9 Å². The summed E-state index contributed by atoms with van der Waals surface area (Å²) >= 11 is 0. The maximum absolute atomic E-state index is 12.1. The van der Waals surface area contributed by atoms with E-state index in [-0.39, 0.29) is 17.4 Å². The van der Waals surface area contributed by atoms with Gasteiger partial charge in [-0.1, -0.05) is 20.3 Å². The fourth-order valence-electron chi connectivity index (χ4n) is 2.92. The van der Waals surface area contributed by atoms with Gasteiger partial charge in [0.2, 0.25) is 5.91 Å². The van der Waals surface area contributed by atoms with E-state index in [1.54, 1.807) is 29.2 Å². The zero-order chi connectivity index (χ0) is 20.7. The van der Waals surface area contributed by atoms with Crippen LogP contribution in [0.5, 0.6) is 0 Å². The molecule has 0 saturated carbocycles. The second-order valence-corrected chi connectivity index (χ2v) is 6.73. The highest BCUT2D eigenvalue weighted by Gasteiger charge is 2.27. The molecule has 8 heteroatoms. The number of benzene rings is 1. The zero-order valence-corrected chi connectivity index (χ0v) is 16.4. The average Bonchev–Trinajstić information content (AvgIpc) is 3.15. The number of carbonyl (C=O) groups is 4. The van der Waals surface area contributed by atoms with Gasteiger partial charge in [0.1, 0.15) is 6.04 Å². The molecule has 0 unspecified atom stereocenters. The molecular formula is C20H26N2O6. The van der Waals surface area contributed by atoms with Crippen molar-refractivity contribution in [3.05, 3.63) is 29.8 Å². The second kappa shape index (κ2) is 9.87. The Morgan fingerprint density at radius 1 is 1.21 bits per heavy atom. The molecule has 28 heavy (non-hydrogen) atoms. The van der Waals surface area contributed by atoms with Crippen molar-refractivity contribution in [3.63, 3.8) is 0 Å². The van der Waals surface area contributed by atoms with Gasteiger partial charge < -0.3 is 19.7 Å². The Kier molecular flexibility index (Phi) is 7.54. The minimum absolute atomic E-state index is 0.0634. The highest BCUT2D eigenvalue weighted by molar-refractivity contribution is 5.96. The van der Waals surface area contributed by atoms with E-state index >= 15 is 0 Å². The largest absolute Gasteiger partial charge is 0.467 e. The number of anilines is 1. The predicted molar refractivity (Wildman–Crippen MR) is 102 cm³/mol. The second-order valence-electron chi connectivity index (χ2n) is 6.73. The van der Waals surface area contributed by atoms with Crippen LogP contribution in [-0.4, -0.2) is 50.1 Å². The summed E-state index contributed by atoms with van der Waals surface area (Å²) in [6.45, 7) is 3.88. The fourth-order valence-corrected chi connectivity index (χ4v) is 2.92. The third-order valence-corrected chi connectivity index (χ3v) is 4.81. The Morgan fingerprint density at radius 2 is 1.89 bits per heavy atom. The predicted octanol–water partition coefficient (Wildman–Crippen LogP) is 1.67. The number of carbonyl (C=O) groups excluding carboxylic acids is 4. The van der Waals surface area contributed by atoms with Gasteiger partial charge in [-0.3, -0.25) is 9.59 Å². The van der Waals surface area contributed by atoms with Crippen LogP contribution in [0.15, 0.2) is 24.3 Å². The van der Waals surface area contributed by atoms with Crippen LogP contribution in [0.4, 0.5) is 5.69 Å². The topological polar surface area (TPSA) is 102 Å². The number of esters is 2. The van der Waals surface area contributed by atoms with E-state index in [0.29, 0.717) is 19.4 Å². The molecule has 8 nitrogen and oxygen atoms in total. The maximum atomic E-state index is 12.1. The Morgan fingerprint density at radius 3 is 2.43 bits per heavy atom. The van der Waals surface area contributed by atoms with Gasteiger partial charge in [0, 0.05) is 18.7 Å². The molecule has 1 aliphatic rings. The van der Waals surface area contributed by atoms with Crippen LogP contribution in [0.25, 0.3) is 0 Å². The van der Waals surface area contributed by atoms with E-state index in [0.717, 1.165) is 12.1 Å². The van der Waals surface area contributed by atoms with Crippen molar-refractivity contribution in [2.45, 2.75) is 39.2 Å². The number of hydrogen-bond acceptors (Lipinski definition) is 6. The highest BCUT2D eigenvalue weighted by Crippen LogP contribution is 2.21. The summed E-state index contributed by atoms with van der Waals surface area (Å²) in [4.78, 5) is 49.4. The molecule has 2 rings (SSSR count). The maximum Gasteiger partial charge on any atom is 0.338 e. The lowest BCUT2D eigenvalue weighted by atomic mass is 9.99. The molecule has 0 aromatic heterocycles. The Bertz CT molecular complexity index is 731. The minimum atomic E-state index is -0.793. The summed E-state index contributed by atoms with van der Waals surface area (Å²) in [5, 5.41) is 2.54. The Labute approximate surface area is 164 Å². The lowest BCUT2D eigenvalue weighted by Gasteiger charge is -2.21. The first-order chi connectivity index (χ1) is 13.4. The van der Waals surface area contributed by atoms with Crippen LogP contribution < -0.4 is 10.2 Å². The number of nitrogens with one attached hydrogen (secondary N) is 1. The molecule has 1 aromatic rings. The van der Waals surface area contributed by atoms with Crippen molar-refractivity contribution >= 4 is 29.4 Å². The van der Waals surface area contributed by atoms with Crippen molar-refractivity contribution in [1.82, 2.24) is 5.32 Å². The molecule has 0 radical (unpaired) electrons. The molecular weight excluding hydrogens is 364 g/mol. The summed E-state index contributed by atoms with van der Waals surface area (Å²) in [7, 11) is 1.25.